The normalized spacial score (nSPS) is 16.9. The lowest BCUT2D eigenvalue weighted by Crippen LogP contribution is -2.43. The van der Waals surface area contributed by atoms with Gasteiger partial charge in [0.15, 0.2) is 0 Å². The fourth-order valence-corrected chi connectivity index (χ4v) is 3.99. The van der Waals surface area contributed by atoms with E-state index in [1.54, 1.807) is 36.4 Å². The molecule has 0 spiro atoms. The van der Waals surface area contributed by atoms with Crippen LogP contribution >= 0.6 is 0 Å². The van der Waals surface area contributed by atoms with Crippen molar-refractivity contribution in [3.63, 3.8) is 0 Å². The summed E-state index contributed by atoms with van der Waals surface area (Å²) < 4.78 is 68.0. The van der Waals surface area contributed by atoms with Crippen LogP contribution in [0.2, 0.25) is 0 Å². The summed E-state index contributed by atoms with van der Waals surface area (Å²) in [6.45, 7) is -1.45. The number of amides is 2. The fourth-order valence-electron chi connectivity index (χ4n) is 3.99. The van der Waals surface area contributed by atoms with Crippen LogP contribution in [0.5, 0.6) is 5.75 Å². The molecule has 2 amide bonds. The highest BCUT2D eigenvalue weighted by Gasteiger charge is 2.47. The smallest absolute Gasteiger partial charge is 0.406 e. The van der Waals surface area contributed by atoms with Gasteiger partial charge in [0, 0.05) is 18.0 Å². The van der Waals surface area contributed by atoms with Gasteiger partial charge in [-0.25, -0.2) is 8.78 Å². The molecule has 7 nitrogen and oxygen atoms in total. The van der Waals surface area contributed by atoms with Crippen LogP contribution in [-0.4, -0.2) is 53.1 Å². The number of benzene rings is 2. The number of hydrogen-bond acceptors (Lipinski definition) is 5. The molecule has 12 heteroatoms. The van der Waals surface area contributed by atoms with Crippen molar-refractivity contribution in [2.45, 2.75) is 24.7 Å². The first-order valence-electron chi connectivity index (χ1n) is 11.2. The quantitative estimate of drug-likeness (QED) is 0.365. The molecule has 0 saturated carbocycles. The molecule has 3 aromatic rings. The average Bonchev–Trinajstić information content (AvgIpc) is 3.20. The van der Waals surface area contributed by atoms with Gasteiger partial charge < -0.3 is 15.0 Å². The third kappa shape index (κ3) is 6.42. The Morgan fingerprint density at radius 2 is 1.82 bits per heavy atom. The number of alkyl halides is 5. The largest absolute Gasteiger partial charge is 0.573 e. The lowest BCUT2D eigenvalue weighted by Gasteiger charge is -2.19. The zero-order chi connectivity index (χ0) is 27.5. The van der Waals surface area contributed by atoms with Gasteiger partial charge in [-0.15, -0.1) is 13.2 Å². The van der Waals surface area contributed by atoms with E-state index in [1.807, 2.05) is 0 Å². The summed E-state index contributed by atoms with van der Waals surface area (Å²) in [7, 11) is 0. The SMILES string of the molecule is N#CC1CC(F)(F)CN1C(=O)CNC(=O)c1ccnc2ccc(/C=C/c3ccc(OC(F)(F)F)cc3)cc12. The van der Waals surface area contributed by atoms with Gasteiger partial charge in [-0.1, -0.05) is 30.4 Å². The number of ether oxygens (including phenoxy) is 1. The van der Waals surface area contributed by atoms with Gasteiger partial charge in [0.05, 0.1) is 30.2 Å². The summed E-state index contributed by atoms with van der Waals surface area (Å²) in [5.74, 6) is -4.94. The second-order valence-corrected chi connectivity index (χ2v) is 8.49. The van der Waals surface area contributed by atoms with E-state index < -0.39 is 49.7 Å². The van der Waals surface area contributed by atoms with Gasteiger partial charge in [0.25, 0.3) is 11.8 Å². The molecule has 196 valence electrons. The Kier molecular flexibility index (Phi) is 7.30. The van der Waals surface area contributed by atoms with Gasteiger partial charge in [0.1, 0.15) is 11.8 Å². The van der Waals surface area contributed by atoms with Crippen LogP contribution in [0.4, 0.5) is 22.0 Å². The van der Waals surface area contributed by atoms with Crippen LogP contribution in [0.25, 0.3) is 23.1 Å². The van der Waals surface area contributed by atoms with Crippen molar-refractivity contribution >= 4 is 34.9 Å². The Labute approximate surface area is 213 Å². The summed E-state index contributed by atoms with van der Waals surface area (Å²) in [5.41, 5.74) is 1.93. The van der Waals surface area contributed by atoms with Crippen LogP contribution in [0, 0.1) is 11.3 Å². The van der Waals surface area contributed by atoms with Crippen molar-refractivity contribution in [1.29, 1.82) is 5.26 Å². The molecule has 2 aromatic carbocycles. The highest BCUT2D eigenvalue weighted by molar-refractivity contribution is 6.07. The lowest BCUT2D eigenvalue weighted by atomic mass is 10.0. The van der Waals surface area contributed by atoms with Gasteiger partial charge in [-0.3, -0.25) is 14.6 Å². The molecule has 1 aliphatic heterocycles. The van der Waals surface area contributed by atoms with Crippen LogP contribution in [0.1, 0.15) is 27.9 Å². The number of halogens is 5. The van der Waals surface area contributed by atoms with Crippen LogP contribution in [0.3, 0.4) is 0 Å². The number of likely N-dealkylation sites (tertiary alicyclic amines) is 1. The van der Waals surface area contributed by atoms with E-state index in [1.165, 1.54) is 36.5 Å². The summed E-state index contributed by atoms with van der Waals surface area (Å²) in [5, 5.41) is 11.9. The van der Waals surface area contributed by atoms with Gasteiger partial charge in [0.2, 0.25) is 5.91 Å². The molecule has 1 aliphatic rings. The van der Waals surface area contributed by atoms with E-state index in [0.717, 1.165) is 4.90 Å². The molecule has 1 saturated heterocycles. The zero-order valence-corrected chi connectivity index (χ0v) is 19.5. The minimum absolute atomic E-state index is 0.190. The van der Waals surface area contributed by atoms with Crippen LogP contribution in [-0.2, 0) is 4.79 Å². The third-order valence-electron chi connectivity index (χ3n) is 5.73. The number of pyridine rings is 1. The maximum absolute atomic E-state index is 13.6. The van der Waals surface area contributed by atoms with E-state index in [4.69, 9.17) is 5.26 Å². The molecular weight excluding hydrogens is 511 g/mol. The Morgan fingerprint density at radius 1 is 1.13 bits per heavy atom. The number of carbonyl (C=O) groups excluding carboxylic acids is 2. The lowest BCUT2D eigenvalue weighted by molar-refractivity contribution is -0.274. The maximum Gasteiger partial charge on any atom is 0.573 e. The number of hydrogen-bond donors (Lipinski definition) is 1. The zero-order valence-electron chi connectivity index (χ0n) is 19.5. The highest BCUT2D eigenvalue weighted by Crippen LogP contribution is 2.31. The van der Waals surface area contributed by atoms with Crippen molar-refractivity contribution in [3.05, 3.63) is 71.4 Å². The van der Waals surface area contributed by atoms with Crippen molar-refractivity contribution in [2.24, 2.45) is 0 Å². The molecule has 0 bridgehead atoms. The summed E-state index contributed by atoms with van der Waals surface area (Å²) >= 11 is 0. The topological polar surface area (TPSA) is 95.3 Å². The van der Waals surface area contributed by atoms with E-state index >= 15 is 0 Å². The number of carbonyl (C=O) groups is 2. The van der Waals surface area contributed by atoms with E-state index in [2.05, 4.69) is 15.0 Å². The minimum Gasteiger partial charge on any atom is -0.406 e. The highest BCUT2D eigenvalue weighted by atomic mass is 19.4. The molecule has 2 heterocycles. The van der Waals surface area contributed by atoms with Crippen molar-refractivity contribution in [2.75, 3.05) is 13.1 Å². The number of nitrogens with zero attached hydrogens (tertiary/aromatic N) is 3. The van der Waals surface area contributed by atoms with Gasteiger partial charge in [-0.05, 0) is 41.5 Å². The molecule has 1 fully saturated rings. The number of fused-ring (bicyclic) bond motifs is 1. The first-order chi connectivity index (χ1) is 17.9. The number of rotatable bonds is 6. The summed E-state index contributed by atoms with van der Waals surface area (Å²) in [4.78, 5) is 30.2. The summed E-state index contributed by atoms with van der Waals surface area (Å²) in [6.07, 6.45) is -0.779. The van der Waals surface area contributed by atoms with Crippen LogP contribution < -0.4 is 10.1 Å². The van der Waals surface area contributed by atoms with Crippen LogP contribution in [0.15, 0.2) is 54.7 Å². The van der Waals surface area contributed by atoms with Crippen molar-refractivity contribution < 1.29 is 36.3 Å². The summed E-state index contributed by atoms with van der Waals surface area (Å²) in [6, 6.07) is 12.2. The van der Waals surface area contributed by atoms with Crippen molar-refractivity contribution in [1.82, 2.24) is 15.2 Å². The predicted molar refractivity (Wildman–Crippen MR) is 127 cm³/mol. The molecule has 1 N–H and O–H groups in total. The predicted octanol–water partition coefficient (Wildman–Crippen LogP) is 4.79. The average molecular weight is 530 g/mol. The Hall–Kier alpha value is -4.53. The Morgan fingerprint density at radius 3 is 2.50 bits per heavy atom. The third-order valence-corrected chi connectivity index (χ3v) is 5.73. The standard InChI is InChI=1S/C26H19F5N4O3/c27-25(28)12-18(13-32)35(15-25)23(36)14-34-24(37)20-9-10-33-22-8-5-17(11-21(20)22)2-1-16-3-6-19(7-4-16)38-26(29,30)31/h1-11,18H,12,14-15H2,(H,34,37)/b2-1+. The first-order valence-corrected chi connectivity index (χ1v) is 11.2. The number of aromatic nitrogens is 1. The molecule has 1 atom stereocenters. The fraction of sp³-hybridized carbons (Fsp3) is 0.231. The molecule has 0 radical (unpaired) electrons. The van der Waals surface area contributed by atoms with E-state index in [9.17, 15) is 31.5 Å². The van der Waals surface area contributed by atoms with E-state index in [-0.39, 0.29) is 11.3 Å². The molecule has 1 unspecified atom stereocenters. The second-order valence-electron chi connectivity index (χ2n) is 8.49. The van der Waals surface area contributed by atoms with Gasteiger partial charge >= 0.3 is 6.36 Å². The van der Waals surface area contributed by atoms with E-state index in [0.29, 0.717) is 22.0 Å². The van der Waals surface area contributed by atoms with Crippen molar-refractivity contribution in [3.8, 4) is 11.8 Å². The first kappa shape index (κ1) is 26.5. The molecule has 4 rings (SSSR count). The number of nitrogens with one attached hydrogen (secondary N) is 1. The molecule has 0 aliphatic carbocycles. The maximum atomic E-state index is 13.6. The Balaban J connectivity index is 1.47. The Bertz CT molecular complexity index is 1430. The van der Waals surface area contributed by atoms with Gasteiger partial charge in [-0.2, -0.15) is 5.26 Å². The number of nitriles is 1. The monoisotopic (exact) mass is 530 g/mol. The second kappa shape index (κ2) is 10.5. The molecule has 38 heavy (non-hydrogen) atoms. The minimum atomic E-state index is -4.78. The molecule has 1 aromatic heterocycles. The molecular formula is C26H19F5N4O3.